The van der Waals surface area contributed by atoms with Gasteiger partial charge in [-0.2, -0.15) is 18.2 Å². The summed E-state index contributed by atoms with van der Waals surface area (Å²) in [6.45, 7) is 1.62. The van der Waals surface area contributed by atoms with Gasteiger partial charge in [0.1, 0.15) is 0 Å². The van der Waals surface area contributed by atoms with Crippen LogP contribution in [0.5, 0.6) is 0 Å². The zero-order valence-corrected chi connectivity index (χ0v) is 47.7. The molecule has 10 aromatic rings. The number of hydrogen-bond acceptors (Lipinski definition) is 4. The van der Waals surface area contributed by atoms with Gasteiger partial charge in [0.25, 0.3) is 0 Å². The molecule has 0 aliphatic carbocycles. The van der Waals surface area contributed by atoms with E-state index in [0.717, 1.165) is 45.8 Å². The Morgan fingerprint density at radius 3 is 1.77 bits per heavy atom. The molecule has 14 heteroatoms. The molecule has 3 aromatic heterocycles. The SMILES string of the molecule is Fc1c[c-]ccc1.O=Cc1[c-]cccc1F.[Y].[Y].[Y].[Y].[Y].[c-]1cccc2[nH]ncc12.[c-]1cccc2c1cnn2Cc1ccccc1.[c-]1cccc2nn(Cc3ccccc3)cc12. The van der Waals surface area contributed by atoms with E-state index in [1.165, 1.54) is 41.5 Å². The van der Waals surface area contributed by atoms with Gasteiger partial charge in [-0.05, 0) is 46.3 Å². The molecular weight excluding hydrogens is 1160 g/mol. The molecular formula is C48H35F2N6OY5-5. The van der Waals surface area contributed by atoms with E-state index in [1.807, 2.05) is 107 Å². The number of benzene rings is 7. The Bertz CT molecular complexity index is 2650. The van der Waals surface area contributed by atoms with E-state index in [9.17, 15) is 13.6 Å². The van der Waals surface area contributed by atoms with E-state index in [4.69, 9.17) is 0 Å². The second kappa shape index (κ2) is 32.6. The normalized spacial score (nSPS) is 9.32. The molecule has 1 N–H and O–H groups in total. The Labute approximate surface area is 486 Å². The molecule has 5 radical (unpaired) electrons. The number of aromatic nitrogens is 6. The third-order valence-electron chi connectivity index (χ3n) is 8.10. The minimum absolute atomic E-state index is 0. The molecule has 0 fully saturated rings. The first-order chi connectivity index (χ1) is 28.1. The Kier molecular flexibility index (Phi) is 30.5. The maximum atomic E-state index is 12.3. The van der Waals surface area contributed by atoms with Crippen molar-refractivity contribution in [3.63, 3.8) is 0 Å². The number of aromatic amines is 1. The topological polar surface area (TPSA) is 81.4 Å². The predicted octanol–water partition coefficient (Wildman–Crippen LogP) is 10.2. The van der Waals surface area contributed by atoms with E-state index in [2.05, 4.69) is 81.1 Å². The summed E-state index contributed by atoms with van der Waals surface area (Å²) in [6.07, 6.45) is 6.09. The molecule has 0 spiro atoms. The molecule has 0 amide bonds. The van der Waals surface area contributed by atoms with Gasteiger partial charge in [-0.25, -0.2) is 15.3 Å². The van der Waals surface area contributed by atoms with E-state index < -0.39 is 5.82 Å². The Morgan fingerprint density at radius 2 is 1.19 bits per heavy atom. The van der Waals surface area contributed by atoms with Crippen LogP contribution in [-0.2, 0) is 177 Å². The molecule has 0 unspecified atom stereocenters. The van der Waals surface area contributed by atoms with Gasteiger partial charge in [0.15, 0.2) is 0 Å². The average molecular weight is 1190 g/mol. The van der Waals surface area contributed by atoms with Crippen LogP contribution >= 0.6 is 0 Å². The fourth-order valence-electron chi connectivity index (χ4n) is 5.35. The van der Waals surface area contributed by atoms with Crippen LogP contribution in [0.15, 0.2) is 176 Å². The van der Waals surface area contributed by atoms with Gasteiger partial charge in [0, 0.05) is 175 Å². The second-order valence-corrected chi connectivity index (χ2v) is 12.2. The summed E-state index contributed by atoms with van der Waals surface area (Å²) in [7, 11) is 0. The van der Waals surface area contributed by atoms with Gasteiger partial charge in [-0.3, -0.25) is 8.78 Å². The van der Waals surface area contributed by atoms with E-state index in [0.29, 0.717) is 6.29 Å². The van der Waals surface area contributed by atoms with Crippen molar-refractivity contribution in [2.24, 2.45) is 0 Å². The zero-order valence-electron chi connectivity index (χ0n) is 33.5. The van der Waals surface area contributed by atoms with Crippen molar-refractivity contribution in [3.8, 4) is 0 Å². The third-order valence-corrected chi connectivity index (χ3v) is 8.10. The summed E-state index contributed by atoms with van der Waals surface area (Å²) in [5.41, 5.74) is 5.67. The van der Waals surface area contributed by atoms with Crippen LogP contribution in [0.4, 0.5) is 8.78 Å². The predicted molar refractivity (Wildman–Crippen MR) is 219 cm³/mol. The number of halogens is 2. The van der Waals surface area contributed by atoms with Crippen molar-refractivity contribution < 1.29 is 177 Å². The van der Waals surface area contributed by atoms with Gasteiger partial charge in [0.05, 0.1) is 19.4 Å². The molecule has 0 aliphatic rings. The number of hydrogen-bond donors (Lipinski definition) is 1. The molecule has 297 valence electrons. The van der Waals surface area contributed by atoms with E-state index >= 15 is 0 Å². The number of nitrogens with zero attached hydrogens (tertiary/aromatic N) is 5. The van der Waals surface area contributed by atoms with Crippen molar-refractivity contribution in [3.05, 3.63) is 235 Å². The first kappa shape index (κ1) is 58.0. The van der Waals surface area contributed by atoms with Crippen molar-refractivity contribution >= 4 is 39.0 Å². The number of H-pyrrole nitrogens is 1. The number of rotatable bonds is 5. The number of fused-ring (bicyclic) bond motifs is 3. The van der Waals surface area contributed by atoms with Gasteiger partial charge >= 0.3 is 0 Å². The fourth-order valence-corrected chi connectivity index (χ4v) is 5.35. The fraction of sp³-hybridized carbons (Fsp3) is 0.0417. The summed E-state index contributed by atoms with van der Waals surface area (Å²) in [5.74, 6) is -0.755. The first-order valence-electron chi connectivity index (χ1n) is 17.8. The third kappa shape index (κ3) is 19.2. The van der Waals surface area contributed by atoms with E-state index in [1.54, 1.807) is 18.3 Å². The van der Waals surface area contributed by atoms with Crippen LogP contribution in [0.1, 0.15) is 21.5 Å². The second-order valence-electron chi connectivity index (χ2n) is 12.2. The Balaban J connectivity index is 0.000000393. The number of carbonyl (C=O) groups is 1. The molecule has 0 atom stereocenters. The minimum atomic E-state index is -0.521. The Morgan fingerprint density at radius 1 is 0.597 bits per heavy atom. The van der Waals surface area contributed by atoms with Crippen LogP contribution in [0, 0.1) is 42.0 Å². The largest absolute Gasteiger partial charge is 0.355 e. The van der Waals surface area contributed by atoms with E-state index in [-0.39, 0.29) is 175 Å². The Hall–Kier alpha value is -2.00. The molecule has 0 bridgehead atoms. The monoisotopic (exact) mass is 1190 g/mol. The molecule has 7 nitrogen and oxygen atoms in total. The van der Waals surface area contributed by atoms with Crippen LogP contribution in [-0.4, -0.2) is 36.0 Å². The summed E-state index contributed by atoms with van der Waals surface area (Å²) in [5, 5.41) is 18.7. The number of nitrogens with one attached hydrogen (secondary N) is 1. The summed E-state index contributed by atoms with van der Waals surface area (Å²) >= 11 is 0. The van der Waals surface area contributed by atoms with Crippen molar-refractivity contribution in [2.45, 2.75) is 13.1 Å². The van der Waals surface area contributed by atoms with Crippen LogP contribution in [0.2, 0.25) is 0 Å². The standard InChI is InChI=1S/2C14H11N2.C7H4FO.C7H5N2.C6H4F.5Y/c1-2-6-12(7-3-1)11-16-14-9-5-4-8-13(14)10-15-16;1-2-6-12(7-3-1)10-16-11-13-8-4-5-9-14(13)15-16;8-7-4-2-1-3-6(7)5-9;1-2-4-7-6(3-1)5-8-9-7;7-6-4-2-1-3-5-6;;;;;/h1-7,9-10H,11H2;1-7,9,11H,10H2;1-2,4-5H;1-2,4-5H,(H,8,9);1-2,4-5H;;;;;/q5*-1;;;;;. The number of aldehydes is 1. The average Bonchev–Trinajstić information content (AvgIpc) is 4.02. The molecule has 7 aromatic carbocycles. The van der Waals surface area contributed by atoms with Gasteiger partial charge in [-0.15, -0.1) is 125 Å². The molecule has 62 heavy (non-hydrogen) atoms. The molecule has 0 saturated heterocycles. The molecule has 0 saturated carbocycles. The minimum Gasteiger partial charge on any atom is -0.355 e. The van der Waals surface area contributed by atoms with Crippen LogP contribution < -0.4 is 0 Å². The quantitative estimate of drug-likeness (QED) is 0.138. The summed E-state index contributed by atoms with van der Waals surface area (Å²) < 4.78 is 28.2. The van der Waals surface area contributed by atoms with Crippen LogP contribution in [0.25, 0.3) is 32.7 Å². The van der Waals surface area contributed by atoms with Crippen LogP contribution in [0.3, 0.4) is 0 Å². The van der Waals surface area contributed by atoms with Crippen molar-refractivity contribution in [1.82, 2.24) is 29.8 Å². The van der Waals surface area contributed by atoms with Gasteiger partial charge < -0.3 is 19.3 Å². The van der Waals surface area contributed by atoms with Gasteiger partial charge in [-0.1, -0.05) is 66.2 Å². The number of carbonyl (C=O) groups excluding carboxylic acids is 1. The summed E-state index contributed by atoms with van der Waals surface area (Å²) in [6, 6.07) is 62.9. The maximum Gasteiger partial charge on any atom is 0.0683 e. The molecule has 10 rings (SSSR count). The van der Waals surface area contributed by atoms with Gasteiger partial charge in [0.2, 0.25) is 0 Å². The first-order valence-corrected chi connectivity index (χ1v) is 17.8. The maximum absolute atomic E-state index is 12.3. The zero-order chi connectivity index (χ0) is 39.5. The van der Waals surface area contributed by atoms with Crippen molar-refractivity contribution in [2.75, 3.05) is 0 Å². The molecule has 0 aliphatic heterocycles. The smallest absolute Gasteiger partial charge is 0.0683 e. The summed E-state index contributed by atoms with van der Waals surface area (Å²) in [4.78, 5) is 9.96. The molecule has 3 heterocycles. The van der Waals surface area contributed by atoms with Crippen molar-refractivity contribution in [1.29, 1.82) is 0 Å².